The zero-order valence-corrected chi connectivity index (χ0v) is 18.1. The second-order valence-corrected chi connectivity index (χ2v) is 8.54. The van der Waals surface area contributed by atoms with Gasteiger partial charge in [0.25, 0.3) is 0 Å². The minimum Gasteiger partial charge on any atom is -0.494 e. The van der Waals surface area contributed by atoms with E-state index in [1.165, 1.54) is 6.92 Å². The molecule has 0 radical (unpaired) electrons. The Labute approximate surface area is 185 Å². The van der Waals surface area contributed by atoms with Gasteiger partial charge in [0.15, 0.2) is 0 Å². The number of ether oxygens (including phenoxy) is 3. The maximum Gasteiger partial charge on any atom is 0.225 e. The van der Waals surface area contributed by atoms with Crippen molar-refractivity contribution in [3.05, 3.63) is 64.2 Å². The van der Waals surface area contributed by atoms with Crippen molar-refractivity contribution >= 4 is 11.6 Å². The van der Waals surface area contributed by atoms with E-state index in [9.17, 15) is 20.4 Å². The maximum absolute atomic E-state index is 10.8. The summed E-state index contributed by atoms with van der Waals surface area (Å²) in [5, 5.41) is 42.5. The number of hydrogen-bond acceptors (Lipinski definition) is 7. The standard InChI is InChI=1S/C23H27ClO7/c1-3-29-17-7-4-14(5-8-17)10-15-11-16(6-9-18(15)24)23-21(28)19(26)20(27)22(31-23,12-30-23)13(2)25/h4-9,11,13,19-21,25-28H,3,10,12H2,1-2H3/t13-,19?,20?,21?,22?,23?/m1/s1. The highest BCUT2D eigenvalue weighted by Crippen LogP contribution is 2.51. The minimum atomic E-state index is -1.73. The molecule has 2 aromatic rings. The molecule has 4 N–H and O–H groups in total. The van der Waals surface area contributed by atoms with E-state index in [0.29, 0.717) is 23.6 Å². The van der Waals surface area contributed by atoms with Gasteiger partial charge in [-0.1, -0.05) is 29.8 Å². The Morgan fingerprint density at radius 1 is 1.13 bits per heavy atom. The first-order valence-corrected chi connectivity index (χ1v) is 10.7. The lowest BCUT2D eigenvalue weighted by atomic mass is 9.81. The van der Waals surface area contributed by atoms with Crippen molar-refractivity contribution in [2.75, 3.05) is 13.2 Å². The van der Waals surface area contributed by atoms with Gasteiger partial charge in [0.2, 0.25) is 5.79 Å². The van der Waals surface area contributed by atoms with E-state index in [2.05, 4.69) is 0 Å². The van der Waals surface area contributed by atoms with Crippen LogP contribution in [-0.4, -0.2) is 63.7 Å². The number of hydrogen-bond donors (Lipinski definition) is 4. The number of halogens is 1. The first-order chi connectivity index (χ1) is 14.7. The summed E-state index contributed by atoms with van der Waals surface area (Å²) >= 11 is 6.43. The van der Waals surface area contributed by atoms with Crippen LogP contribution in [0.2, 0.25) is 5.02 Å². The fourth-order valence-electron chi connectivity index (χ4n) is 4.32. The Hall–Kier alpha value is -1.71. The number of aliphatic hydroxyl groups is 4. The quantitative estimate of drug-likeness (QED) is 0.531. The molecule has 2 aliphatic rings. The van der Waals surface area contributed by atoms with Crippen molar-refractivity contribution in [1.29, 1.82) is 0 Å². The second-order valence-electron chi connectivity index (χ2n) is 8.13. The van der Waals surface area contributed by atoms with E-state index in [-0.39, 0.29) is 6.61 Å². The van der Waals surface area contributed by atoms with Crippen molar-refractivity contribution in [3.63, 3.8) is 0 Å². The van der Waals surface area contributed by atoms with E-state index >= 15 is 0 Å². The summed E-state index contributed by atoms with van der Waals surface area (Å²) in [4.78, 5) is 0. The highest BCUT2D eigenvalue weighted by Gasteiger charge is 2.68. The summed E-state index contributed by atoms with van der Waals surface area (Å²) < 4.78 is 17.3. The average molecular weight is 451 g/mol. The Balaban J connectivity index is 1.67. The van der Waals surface area contributed by atoms with Gasteiger partial charge in [-0.15, -0.1) is 0 Å². The molecular formula is C23H27ClO7. The van der Waals surface area contributed by atoms with E-state index in [0.717, 1.165) is 16.9 Å². The van der Waals surface area contributed by atoms with Crippen LogP contribution >= 0.6 is 11.6 Å². The topological polar surface area (TPSA) is 109 Å². The van der Waals surface area contributed by atoms with E-state index in [4.69, 9.17) is 25.8 Å². The van der Waals surface area contributed by atoms with Crippen LogP contribution in [0.3, 0.4) is 0 Å². The number of aliphatic hydroxyl groups excluding tert-OH is 4. The van der Waals surface area contributed by atoms with Gasteiger partial charge in [-0.25, -0.2) is 0 Å². The molecular weight excluding hydrogens is 424 g/mol. The third-order valence-electron chi connectivity index (χ3n) is 6.18. The van der Waals surface area contributed by atoms with Crippen molar-refractivity contribution in [1.82, 2.24) is 0 Å². The molecule has 2 saturated heterocycles. The molecule has 8 heteroatoms. The van der Waals surface area contributed by atoms with Gasteiger partial charge >= 0.3 is 0 Å². The minimum absolute atomic E-state index is 0.184. The normalized spacial score (nSPS) is 33.3. The summed E-state index contributed by atoms with van der Waals surface area (Å²) in [5.74, 6) is -0.946. The summed E-state index contributed by atoms with van der Waals surface area (Å²) in [6, 6.07) is 12.7. The Morgan fingerprint density at radius 2 is 1.84 bits per heavy atom. The zero-order valence-electron chi connectivity index (χ0n) is 17.4. The zero-order chi connectivity index (χ0) is 22.4. The van der Waals surface area contributed by atoms with E-state index < -0.39 is 35.8 Å². The number of fused-ring (bicyclic) bond motifs is 2. The third-order valence-corrected chi connectivity index (χ3v) is 6.54. The number of rotatable bonds is 6. The van der Waals surface area contributed by atoms with Crippen LogP contribution < -0.4 is 4.74 Å². The van der Waals surface area contributed by atoms with Crippen LogP contribution in [0.1, 0.15) is 30.5 Å². The van der Waals surface area contributed by atoms with Gasteiger partial charge in [-0.05, 0) is 55.7 Å². The van der Waals surface area contributed by atoms with Crippen LogP contribution in [0.4, 0.5) is 0 Å². The lowest BCUT2D eigenvalue weighted by Crippen LogP contribution is -2.67. The summed E-state index contributed by atoms with van der Waals surface area (Å²) in [6.45, 7) is 3.78. The Bertz CT molecular complexity index is 934. The summed E-state index contributed by atoms with van der Waals surface area (Å²) in [7, 11) is 0. The van der Waals surface area contributed by atoms with Gasteiger partial charge in [0, 0.05) is 10.6 Å². The molecule has 5 unspecified atom stereocenters. The molecule has 0 spiro atoms. The van der Waals surface area contributed by atoms with Crippen molar-refractivity contribution < 1.29 is 34.6 Å². The molecule has 0 saturated carbocycles. The molecule has 2 heterocycles. The summed E-state index contributed by atoms with van der Waals surface area (Å²) in [5.41, 5.74) is 0.672. The molecule has 168 valence electrons. The fourth-order valence-corrected chi connectivity index (χ4v) is 4.51. The molecule has 4 rings (SSSR count). The van der Waals surface area contributed by atoms with Crippen molar-refractivity contribution in [3.8, 4) is 5.75 Å². The molecule has 31 heavy (non-hydrogen) atoms. The predicted molar refractivity (Wildman–Crippen MR) is 113 cm³/mol. The van der Waals surface area contributed by atoms with Gasteiger partial charge in [0.1, 0.15) is 29.7 Å². The molecule has 6 atom stereocenters. The molecule has 0 aliphatic carbocycles. The predicted octanol–water partition coefficient (Wildman–Crippen LogP) is 1.74. The molecule has 0 amide bonds. The van der Waals surface area contributed by atoms with Crippen molar-refractivity contribution in [2.24, 2.45) is 0 Å². The molecule has 2 fully saturated rings. The second kappa shape index (κ2) is 8.33. The van der Waals surface area contributed by atoms with Gasteiger partial charge in [-0.2, -0.15) is 0 Å². The monoisotopic (exact) mass is 450 g/mol. The fraction of sp³-hybridized carbons (Fsp3) is 0.478. The van der Waals surface area contributed by atoms with Gasteiger partial charge in [-0.3, -0.25) is 0 Å². The smallest absolute Gasteiger partial charge is 0.225 e. The van der Waals surface area contributed by atoms with Gasteiger partial charge < -0.3 is 34.6 Å². The van der Waals surface area contributed by atoms with Gasteiger partial charge in [0.05, 0.1) is 19.3 Å². The first kappa shape index (κ1) is 22.5. The maximum atomic E-state index is 10.8. The van der Waals surface area contributed by atoms with Crippen LogP contribution in [0.25, 0.3) is 0 Å². The summed E-state index contributed by atoms with van der Waals surface area (Å²) in [6.07, 6.45) is -5.25. The lowest BCUT2D eigenvalue weighted by molar-refractivity contribution is -0.336. The van der Waals surface area contributed by atoms with E-state index in [1.54, 1.807) is 18.2 Å². The van der Waals surface area contributed by atoms with Crippen LogP contribution in [-0.2, 0) is 21.7 Å². The SMILES string of the molecule is CCOc1ccc(Cc2cc(C34OCC([C@@H](C)O)(O3)C(O)C(O)C4O)ccc2Cl)cc1. The Morgan fingerprint density at radius 3 is 2.48 bits per heavy atom. The largest absolute Gasteiger partial charge is 0.494 e. The third kappa shape index (κ3) is 3.64. The molecule has 2 bridgehead atoms. The molecule has 2 aliphatic heterocycles. The van der Waals surface area contributed by atoms with Crippen LogP contribution in [0.15, 0.2) is 42.5 Å². The Kier molecular flexibility index (Phi) is 6.04. The first-order valence-electron chi connectivity index (χ1n) is 10.3. The number of benzene rings is 2. The highest BCUT2D eigenvalue weighted by atomic mass is 35.5. The van der Waals surface area contributed by atoms with Crippen LogP contribution in [0.5, 0.6) is 5.75 Å². The average Bonchev–Trinajstić information content (AvgIpc) is 3.15. The highest BCUT2D eigenvalue weighted by molar-refractivity contribution is 6.31. The van der Waals surface area contributed by atoms with E-state index in [1.807, 2.05) is 31.2 Å². The lowest BCUT2D eigenvalue weighted by Gasteiger charge is -2.47. The molecule has 2 aromatic carbocycles. The van der Waals surface area contributed by atoms with Crippen molar-refractivity contribution in [2.45, 2.75) is 56.1 Å². The molecule has 7 nitrogen and oxygen atoms in total. The molecule has 0 aromatic heterocycles. The van der Waals surface area contributed by atoms with Crippen LogP contribution in [0, 0.1) is 0 Å².